The molecule has 1 amide bonds. The third-order valence-electron chi connectivity index (χ3n) is 3.28. The summed E-state index contributed by atoms with van der Waals surface area (Å²) in [7, 11) is 0. The Kier molecular flexibility index (Phi) is 4.43. The summed E-state index contributed by atoms with van der Waals surface area (Å²) >= 11 is 5.89. The molecule has 0 aliphatic carbocycles. The Morgan fingerprint density at radius 3 is 3.00 bits per heavy atom. The van der Waals surface area contributed by atoms with Crippen molar-refractivity contribution in [3.8, 4) is 5.75 Å². The van der Waals surface area contributed by atoms with Crippen LogP contribution in [0.15, 0.2) is 48.7 Å². The van der Waals surface area contributed by atoms with E-state index in [1.807, 2.05) is 28.8 Å². The zero-order valence-electron chi connectivity index (χ0n) is 12.4. The van der Waals surface area contributed by atoms with Crippen LogP contribution in [0.5, 0.6) is 5.75 Å². The molecule has 0 radical (unpaired) electrons. The first kappa shape index (κ1) is 15.3. The molecule has 0 aliphatic rings. The van der Waals surface area contributed by atoms with Crippen LogP contribution in [0.4, 0.5) is 0 Å². The van der Waals surface area contributed by atoms with Crippen molar-refractivity contribution in [2.75, 3.05) is 0 Å². The van der Waals surface area contributed by atoms with Gasteiger partial charge >= 0.3 is 0 Å². The maximum absolute atomic E-state index is 12.1. The lowest BCUT2D eigenvalue weighted by Crippen LogP contribution is -2.36. The number of nitrogens with zero attached hydrogens (tertiary/aromatic N) is 3. The molecule has 1 atom stereocenters. The van der Waals surface area contributed by atoms with Gasteiger partial charge in [-0.25, -0.2) is 0 Å². The standard InChI is InChI=1S/C16H15ClN4O2/c1-11(23-13-6-4-5-12(17)9-13)16(22)18-10-15-20-19-14-7-2-3-8-21(14)15/h2-9,11H,10H2,1H3,(H,18,22)/t11-/m1/s1. The number of benzene rings is 1. The van der Waals surface area contributed by atoms with E-state index in [1.165, 1.54) is 0 Å². The van der Waals surface area contributed by atoms with Gasteiger partial charge in [-0.15, -0.1) is 10.2 Å². The van der Waals surface area contributed by atoms with Gasteiger partial charge in [-0.2, -0.15) is 0 Å². The number of hydrogen-bond acceptors (Lipinski definition) is 4. The number of halogens is 1. The third kappa shape index (κ3) is 3.60. The van der Waals surface area contributed by atoms with Crippen molar-refractivity contribution in [3.63, 3.8) is 0 Å². The molecule has 0 saturated carbocycles. The average Bonchev–Trinajstić information content (AvgIpc) is 2.96. The molecule has 2 aromatic heterocycles. The number of carbonyl (C=O) groups excluding carboxylic acids is 1. The molecule has 2 heterocycles. The van der Waals surface area contributed by atoms with E-state index < -0.39 is 6.10 Å². The molecule has 3 rings (SSSR count). The first-order valence-corrected chi connectivity index (χ1v) is 7.50. The molecule has 0 bridgehead atoms. The number of amides is 1. The van der Waals surface area contributed by atoms with E-state index in [4.69, 9.17) is 16.3 Å². The number of ether oxygens (including phenoxy) is 1. The summed E-state index contributed by atoms with van der Waals surface area (Å²) in [5.74, 6) is 0.967. The van der Waals surface area contributed by atoms with Crippen molar-refractivity contribution < 1.29 is 9.53 Å². The zero-order chi connectivity index (χ0) is 16.2. The molecule has 3 aromatic rings. The quantitative estimate of drug-likeness (QED) is 0.780. The summed E-state index contributed by atoms with van der Waals surface area (Å²) in [5.41, 5.74) is 0.736. The van der Waals surface area contributed by atoms with E-state index in [0.29, 0.717) is 16.6 Å². The van der Waals surface area contributed by atoms with E-state index in [-0.39, 0.29) is 12.5 Å². The predicted octanol–water partition coefficient (Wildman–Crippen LogP) is 2.47. The van der Waals surface area contributed by atoms with Crippen LogP contribution in [0.3, 0.4) is 0 Å². The molecular formula is C16H15ClN4O2. The van der Waals surface area contributed by atoms with Crippen LogP contribution < -0.4 is 10.1 Å². The molecule has 0 aliphatic heterocycles. The molecule has 0 unspecified atom stereocenters. The Morgan fingerprint density at radius 2 is 2.17 bits per heavy atom. The molecule has 1 N–H and O–H groups in total. The van der Waals surface area contributed by atoms with Crippen molar-refractivity contribution in [2.24, 2.45) is 0 Å². The molecule has 0 fully saturated rings. The zero-order valence-corrected chi connectivity index (χ0v) is 13.2. The fraction of sp³-hybridized carbons (Fsp3) is 0.188. The minimum absolute atomic E-state index is 0.238. The SMILES string of the molecule is C[C@@H](Oc1cccc(Cl)c1)C(=O)NCc1nnc2ccccn12. The van der Waals surface area contributed by atoms with Gasteiger partial charge in [0.25, 0.3) is 5.91 Å². The van der Waals surface area contributed by atoms with Gasteiger partial charge in [0, 0.05) is 11.2 Å². The minimum Gasteiger partial charge on any atom is -0.481 e. The molecule has 23 heavy (non-hydrogen) atoms. The van der Waals surface area contributed by atoms with E-state index >= 15 is 0 Å². The number of aromatic nitrogens is 3. The number of fused-ring (bicyclic) bond motifs is 1. The van der Waals surface area contributed by atoms with E-state index in [9.17, 15) is 4.79 Å². The summed E-state index contributed by atoms with van der Waals surface area (Å²) < 4.78 is 7.40. The van der Waals surface area contributed by atoms with Crippen LogP contribution in [0.1, 0.15) is 12.7 Å². The Morgan fingerprint density at radius 1 is 1.30 bits per heavy atom. The second-order valence-corrected chi connectivity index (χ2v) is 5.42. The third-order valence-corrected chi connectivity index (χ3v) is 3.52. The van der Waals surface area contributed by atoms with Gasteiger partial charge in [0.15, 0.2) is 17.6 Å². The fourth-order valence-corrected chi connectivity index (χ4v) is 2.30. The van der Waals surface area contributed by atoms with Gasteiger partial charge in [0.1, 0.15) is 5.75 Å². The van der Waals surface area contributed by atoms with Gasteiger partial charge in [0.05, 0.1) is 6.54 Å². The van der Waals surface area contributed by atoms with Crippen LogP contribution in [0, 0.1) is 0 Å². The Hall–Kier alpha value is -2.60. The van der Waals surface area contributed by atoms with E-state index in [0.717, 1.165) is 5.65 Å². The fourth-order valence-electron chi connectivity index (χ4n) is 2.12. The van der Waals surface area contributed by atoms with Crippen molar-refractivity contribution in [3.05, 3.63) is 59.5 Å². The van der Waals surface area contributed by atoms with Crippen molar-refractivity contribution in [2.45, 2.75) is 19.6 Å². The lowest BCUT2D eigenvalue weighted by molar-refractivity contribution is -0.127. The summed E-state index contributed by atoms with van der Waals surface area (Å²) in [5, 5.41) is 11.4. The lowest BCUT2D eigenvalue weighted by atomic mass is 10.3. The number of hydrogen-bond donors (Lipinski definition) is 1. The molecule has 7 heteroatoms. The summed E-state index contributed by atoms with van der Waals surface area (Å²) in [6, 6.07) is 12.5. The highest BCUT2D eigenvalue weighted by Gasteiger charge is 2.15. The highest BCUT2D eigenvalue weighted by molar-refractivity contribution is 6.30. The average molecular weight is 331 g/mol. The molecule has 1 aromatic carbocycles. The topological polar surface area (TPSA) is 68.5 Å². The second kappa shape index (κ2) is 6.66. The van der Waals surface area contributed by atoms with Crippen LogP contribution in [0.25, 0.3) is 5.65 Å². The summed E-state index contributed by atoms with van der Waals surface area (Å²) in [6.45, 7) is 1.95. The second-order valence-electron chi connectivity index (χ2n) is 4.98. The Balaban J connectivity index is 1.60. The van der Waals surface area contributed by atoms with Crippen molar-refractivity contribution in [1.82, 2.24) is 19.9 Å². The van der Waals surface area contributed by atoms with Gasteiger partial charge in [-0.1, -0.05) is 23.7 Å². The maximum Gasteiger partial charge on any atom is 0.261 e. The maximum atomic E-state index is 12.1. The first-order chi connectivity index (χ1) is 11.1. The van der Waals surface area contributed by atoms with Crippen molar-refractivity contribution in [1.29, 1.82) is 0 Å². The molecule has 0 saturated heterocycles. The van der Waals surface area contributed by atoms with Gasteiger partial charge < -0.3 is 10.1 Å². The number of rotatable bonds is 5. The van der Waals surface area contributed by atoms with Gasteiger partial charge in [-0.05, 0) is 37.3 Å². The van der Waals surface area contributed by atoms with Crippen molar-refractivity contribution >= 4 is 23.2 Å². The van der Waals surface area contributed by atoms with Gasteiger partial charge in [0.2, 0.25) is 0 Å². The molecular weight excluding hydrogens is 316 g/mol. The van der Waals surface area contributed by atoms with Crippen LogP contribution in [-0.4, -0.2) is 26.6 Å². The normalized spacial score (nSPS) is 12.1. The van der Waals surface area contributed by atoms with Crippen LogP contribution in [0.2, 0.25) is 5.02 Å². The number of pyridine rings is 1. The monoisotopic (exact) mass is 330 g/mol. The Bertz CT molecular complexity index is 834. The smallest absolute Gasteiger partial charge is 0.261 e. The van der Waals surface area contributed by atoms with Gasteiger partial charge in [-0.3, -0.25) is 9.20 Å². The summed E-state index contributed by atoms with van der Waals surface area (Å²) in [6.07, 6.45) is 1.20. The van der Waals surface area contributed by atoms with Crippen LogP contribution >= 0.6 is 11.6 Å². The van der Waals surface area contributed by atoms with Crippen LogP contribution in [-0.2, 0) is 11.3 Å². The molecule has 118 valence electrons. The predicted molar refractivity (Wildman–Crippen MR) is 86.4 cm³/mol. The van der Waals surface area contributed by atoms with E-state index in [1.54, 1.807) is 31.2 Å². The number of nitrogens with one attached hydrogen (secondary N) is 1. The highest BCUT2D eigenvalue weighted by atomic mass is 35.5. The minimum atomic E-state index is -0.646. The first-order valence-electron chi connectivity index (χ1n) is 7.12. The van der Waals surface area contributed by atoms with E-state index in [2.05, 4.69) is 15.5 Å². The summed E-state index contributed by atoms with van der Waals surface area (Å²) in [4.78, 5) is 12.1. The number of carbonyl (C=O) groups is 1. The Labute approximate surface area is 138 Å². The lowest BCUT2D eigenvalue weighted by Gasteiger charge is -2.14. The molecule has 6 nitrogen and oxygen atoms in total. The highest BCUT2D eigenvalue weighted by Crippen LogP contribution is 2.18. The molecule has 0 spiro atoms. The largest absolute Gasteiger partial charge is 0.481 e.